The zero-order valence-electron chi connectivity index (χ0n) is 16.9. The number of sulfonamides is 1. The van der Waals surface area contributed by atoms with Crippen molar-refractivity contribution in [2.75, 3.05) is 25.0 Å². The van der Waals surface area contributed by atoms with Gasteiger partial charge in [0.25, 0.3) is 5.91 Å². The Morgan fingerprint density at radius 1 is 1.07 bits per heavy atom. The van der Waals surface area contributed by atoms with Crippen LogP contribution in [0.2, 0.25) is 0 Å². The maximum atomic E-state index is 12.9. The Labute approximate surface area is 167 Å². The number of hydrogen-bond acceptors (Lipinski definition) is 4. The topological polar surface area (TPSA) is 75.7 Å². The van der Waals surface area contributed by atoms with Gasteiger partial charge in [0.2, 0.25) is 10.0 Å². The van der Waals surface area contributed by atoms with Crippen molar-refractivity contribution in [3.05, 3.63) is 53.6 Å². The number of amides is 1. The van der Waals surface area contributed by atoms with E-state index in [2.05, 4.69) is 5.32 Å². The van der Waals surface area contributed by atoms with Gasteiger partial charge in [-0.2, -0.15) is 4.31 Å². The van der Waals surface area contributed by atoms with Crippen LogP contribution in [0.3, 0.4) is 0 Å². The summed E-state index contributed by atoms with van der Waals surface area (Å²) >= 11 is 0. The number of nitrogens with one attached hydrogen (secondary N) is 1. The minimum Gasteiger partial charge on any atom is -0.494 e. The summed E-state index contributed by atoms with van der Waals surface area (Å²) in [6.45, 7) is 8.68. The number of aryl methyl sites for hydroxylation is 1. The number of hydrogen-bond donors (Lipinski definition) is 1. The molecule has 1 N–H and O–H groups in total. The van der Waals surface area contributed by atoms with Crippen LogP contribution in [0, 0.1) is 6.92 Å². The lowest BCUT2D eigenvalue weighted by molar-refractivity contribution is 0.102. The molecule has 0 aliphatic rings. The maximum absolute atomic E-state index is 12.9. The van der Waals surface area contributed by atoms with Crippen LogP contribution in [0.5, 0.6) is 5.75 Å². The smallest absolute Gasteiger partial charge is 0.255 e. The fourth-order valence-corrected chi connectivity index (χ4v) is 4.52. The highest BCUT2D eigenvalue weighted by Gasteiger charge is 2.24. The Hall–Kier alpha value is -2.38. The SMILES string of the molecule is CCCOc1cccc(NC(=O)c2ccc(C)c(S(=O)(=O)N(CC)CC)c2)c1. The Morgan fingerprint density at radius 3 is 2.43 bits per heavy atom. The standard InChI is InChI=1S/C21H28N2O4S/c1-5-13-27-19-10-8-9-18(15-19)22-21(24)17-12-11-16(4)20(14-17)28(25,26)23(6-2)7-3/h8-12,14-15H,5-7,13H2,1-4H3,(H,22,24). The fourth-order valence-electron chi connectivity index (χ4n) is 2.81. The molecule has 6 nitrogen and oxygen atoms in total. The van der Waals surface area contributed by atoms with Crippen LogP contribution < -0.4 is 10.1 Å². The summed E-state index contributed by atoms with van der Waals surface area (Å²) in [5.41, 5.74) is 1.49. The van der Waals surface area contributed by atoms with Crippen LogP contribution in [0.1, 0.15) is 43.1 Å². The van der Waals surface area contributed by atoms with Crippen molar-refractivity contribution < 1.29 is 17.9 Å². The van der Waals surface area contributed by atoms with E-state index in [1.165, 1.54) is 10.4 Å². The van der Waals surface area contributed by atoms with Gasteiger partial charge in [0.05, 0.1) is 11.5 Å². The highest BCUT2D eigenvalue weighted by Crippen LogP contribution is 2.23. The molecule has 2 rings (SSSR count). The summed E-state index contributed by atoms with van der Waals surface area (Å²) in [6.07, 6.45) is 0.893. The lowest BCUT2D eigenvalue weighted by Crippen LogP contribution is -2.31. The van der Waals surface area contributed by atoms with Gasteiger partial charge in [-0.05, 0) is 43.2 Å². The minimum atomic E-state index is -3.64. The molecule has 152 valence electrons. The molecular weight excluding hydrogens is 376 g/mol. The van der Waals surface area contributed by atoms with Crippen LogP contribution in [0.25, 0.3) is 0 Å². The number of rotatable bonds is 9. The molecule has 2 aromatic carbocycles. The average molecular weight is 405 g/mol. The maximum Gasteiger partial charge on any atom is 0.255 e. The first-order chi connectivity index (χ1) is 13.3. The molecule has 0 saturated carbocycles. The van der Waals surface area contributed by atoms with Crippen molar-refractivity contribution in [2.24, 2.45) is 0 Å². The second kappa shape index (κ2) is 9.71. The van der Waals surface area contributed by atoms with Crippen molar-refractivity contribution in [1.29, 1.82) is 0 Å². The van der Waals surface area contributed by atoms with Gasteiger partial charge in [-0.3, -0.25) is 4.79 Å². The number of nitrogens with zero attached hydrogens (tertiary/aromatic N) is 1. The van der Waals surface area contributed by atoms with Crippen LogP contribution in [-0.2, 0) is 10.0 Å². The fraction of sp³-hybridized carbons (Fsp3) is 0.381. The van der Waals surface area contributed by atoms with Crippen molar-refractivity contribution in [3.8, 4) is 5.75 Å². The molecule has 0 fully saturated rings. The van der Waals surface area contributed by atoms with Crippen LogP contribution in [0.4, 0.5) is 5.69 Å². The minimum absolute atomic E-state index is 0.156. The van der Waals surface area contributed by atoms with Crippen LogP contribution >= 0.6 is 0 Å². The Balaban J connectivity index is 2.28. The molecule has 0 heterocycles. The second-order valence-electron chi connectivity index (χ2n) is 6.40. The monoisotopic (exact) mass is 404 g/mol. The van der Waals surface area contributed by atoms with Crippen molar-refractivity contribution in [1.82, 2.24) is 4.31 Å². The van der Waals surface area contributed by atoms with Crippen LogP contribution in [-0.4, -0.2) is 38.3 Å². The molecule has 7 heteroatoms. The molecule has 0 aliphatic carbocycles. The zero-order chi connectivity index (χ0) is 20.7. The Bertz CT molecular complexity index is 922. The van der Waals surface area contributed by atoms with Crippen molar-refractivity contribution >= 4 is 21.6 Å². The van der Waals surface area contributed by atoms with Gasteiger partial charge in [-0.15, -0.1) is 0 Å². The molecule has 1 amide bonds. The lowest BCUT2D eigenvalue weighted by Gasteiger charge is -2.20. The van der Waals surface area contributed by atoms with Gasteiger partial charge in [0.1, 0.15) is 5.75 Å². The van der Waals surface area contributed by atoms with E-state index in [0.29, 0.717) is 36.7 Å². The summed E-state index contributed by atoms with van der Waals surface area (Å²) in [5.74, 6) is 0.303. The molecule has 0 bridgehead atoms. The molecular formula is C21H28N2O4S. The highest BCUT2D eigenvalue weighted by molar-refractivity contribution is 7.89. The van der Waals surface area contributed by atoms with Gasteiger partial charge in [0.15, 0.2) is 0 Å². The zero-order valence-corrected chi connectivity index (χ0v) is 17.7. The third-order valence-corrected chi connectivity index (χ3v) is 6.53. The number of carbonyl (C=O) groups is 1. The first-order valence-corrected chi connectivity index (χ1v) is 10.9. The molecule has 2 aromatic rings. The third kappa shape index (κ3) is 5.11. The van der Waals surface area contributed by atoms with Crippen molar-refractivity contribution in [2.45, 2.75) is 39.0 Å². The molecule has 0 radical (unpaired) electrons. The molecule has 0 atom stereocenters. The third-order valence-electron chi connectivity index (χ3n) is 4.34. The summed E-state index contributed by atoms with van der Waals surface area (Å²) in [7, 11) is -3.64. The summed E-state index contributed by atoms with van der Waals surface area (Å²) in [4.78, 5) is 12.8. The Kier molecular flexibility index (Phi) is 7.60. The van der Waals surface area contributed by atoms with Gasteiger partial charge >= 0.3 is 0 Å². The first kappa shape index (κ1) is 21.9. The quantitative estimate of drug-likeness (QED) is 0.684. The predicted octanol–water partition coefficient (Wildman–Crippen LogP) is 4.07. The molecule has 0 aromatic heterocycles. The van der Waals surface area contributed by atoms with Gasteiger partial charge < -0.3 is 10.1 Å². The van der Waals surface area contributed by atoms with Gasteiger partial charge in [-0.1, -0.05) is 32.9 Å². The molecule has 0 saturated heterocycles. The lowest BCUT2D eigenvalue weighted by atomic mass is 10.1. The van der Waals surface area contributed by atoms with Crippen LogP contribution in [0.15, 0.2) is 47.4 Å². The van der Waals surface area contributed by atoms with Gasteiger partial charge in [-0.25, -0.2) is 8.42 Å². The number of anilines is 1. The number of benzene rings is 2. The second-order valence-corrected chi connectivity index (χ2v) is 8.31. The molecule has 28 heavy (non-hydrogen) atoms. The molecule has 0 spiro atoms. The van der Waals surface area contributed by atoms with E-state index >= 15 is 0 Å². The summed E-state index contributed by atoms with van der Waals surface area (Å²) in [6, 6.07) is 11.9. The number of carbonyl (C=O) groups excluding carboxylic acids is 1. The normalized spacial score (nSPS) is 11.5. The van der Waals surface area contributed by atoms with E-state index in [9.17, 15) is 13.2 Å². The molecule has 0 unspecified atom stereocenters. The summed E-state index contributed by atoms with van der Waals surface area (Å²) < 4.78 is 32.7. The predicted molar refractivity (Wildman–Crippen MR) is 111 cm³/mol. The van der Waals surface area contributed by atoms with E-state index in [4.69, 9.17) is 4.74 Å². The van der Waals surface area contributed by atoms with E-state index in [-0.39, 0.29) is 16.4 Å². The van der Waals surface area contributed by atoms with E-state index in [1.807, 2.05) is 13.0 Å². The van der Waals surface area contributed by atoms with Gasteiger partial charge in [0, 0.05) is 30.4 Å². The largest absolute Gasteiger partial charge is 0.494 e. The van der Waals surface area contributed by atoms with E-state index in [0.717, 1.165) is 6.42 Å². The number of ether oxygens (including phenoxy) is 1. The van der Waals surface area contributed by atoms with E-state index in [1.54, 1.807) is 51.1 Å². The van der Waals surface area contributed by atoms with Crippen molar-refractivity contribution in [3.63, 3.8) is 0 Å². The first-order valence-electron chi connectivity index (χ1n) is 9.48. The summed E-state index contributed by atoms with van der Waals surface area (Å²) in [5, 5.41) is 2.80. The highest BCUT2D eigenvalue weighted by atomic mass is 32.2. The van der Waals surface area contributed by atoms with E-state index < -0.39 is 10.0 Å². The molecule has 0 aliphatic heterocycles. The average Bonchev–Trinajstić information content (AvgIpc) is 2.67. The Morgan fingerprint density at radius 2 is 1.79 bits per heavy atom.